The summed E-state index contributed by atoms with van der Waals surface area (Å²) in [6, 6.07) is 14.6. The molecule has 0 saturated heterocycles. The van der Waals surface area contributed by atoms with E-state index in [2.05, 4.69) is 160 Å². The molecule has 6 aromatic heterocycles. The Hall–Kier alpha value is -5.55. The lowest BCUT2D eigenvalue weighted by atomic mass is 10.3. The van der Waals surface area contributed by atoms with E-state index in [9.17, 15) is 0 Å². The Morgan fingerprint density at radius 3 is 1.47 bits per heavy atom. The predicted molar refractivity (Wildman–Crippen MR) is 259 cm³/mol. The number of hydrogen-bond donors (Lipinski definition) is 6. The van der Waals surface area contributed by atoms with Crippen LogP contribution in [0.3, 0.4) is 0 Å². The van der Waals surface area contributed by atoms with E-state index in [0.29, 0.717) is 42.2 Å². The van der Waals surface area contributed by atoms with Crippen LogP contribution in [-0.4, -0.2) is 81.1 Å². The molecular formula is C46H73N15S. The van der Waals surface area contributed by atoms with Crippen LogP contribution in [0.2, 0.25) is 0 Å². The number of nitrogens with zero attached hydrogens (tertiary/aromatic N) is 9. The lowest BCUT2D eigenvalue weighted by Gasteiger charge is -2.07. The Morgan fingerprint density at radius 1 is 0.419 bits per heavy atom. The number of anilines is 3. The predicted octanol–water partition coefficient (Wildman–Crippen LogP) is 8.69. The molecule has 6 heterocycles. The molecule has 0 radical (unpaired) electrons. The molecule has 15 nitrogen and oxygen atoms in total. The van der Waals surface area contributed by atoms with Crippen LogP contribution >= 0.6 is 11.3 Å². The largest absolute Gasteiger partial charge is 0.382 e. The quantitative estimate of drug-likeness (QED) is 0.0575. The highest BCUT2D eigenvalue weighted by Gasteiger charge is 1.98. The summed E-state index contributed by atoms with van der Waals surface area (Å²) in [7, 11) is 0. The Kier molecular flexibility index (Phi) is 30.8. The molecule has 0 aliphatic rings. The van der Waals surface area contributed by atoms with Crippen molar-refractivity contribution in [2.24, 2.45) is 0 Å². The molecule has 0 saturated carbocycles. The van der Waals surface area contributed by atoms with Gasteiger partial charge in [-0.15, -0.1) is 11.3 Å². The van der Waals surface area contributed by atoms with Gasteiger partial charge < -0.3 is 31.9 Å². The minimum Gasteiger partial charge on any atom is -0.382 e. The third-order valence-electron chi connectivity index (χ3n) is 6.99. The van der Waals surface area contributed by atoms with Gasteiger partial charge in [0.1, 0.15) is 11.3 Å². The second kappa shape index (κ2) is 35.1. The second-order valence-corrected chi connectivity index (χ2v) is 16.4. The maximum atomic E-state index is 4.19. The molecule has 0 atom stereocenters. The van der Waals surface area contributed by atoms with Crippen molar-refractivity contribution < 1.29 is 0 Å². The minimum absolute atomic E-state index is 0.391. The van der Waals surface area contributed by atoms with E-state index in [1.807, 2.05) is 54.3 Å². The van der Waals surface area contributed by atoms with Crippen molar-refractivity contribution in [2.45, 2.75) is 139 Å². The van der Waals surface area contributed by atoms with Crippen LogP contribution in [0.25, 0.3) is 0 Å². The summed E-state index contributed by atoms with van der Waals surface area (Å²) in [4.78, 5) is 36.1. The zero-order valence-corrected chi connectivity index (χ0v) is 39.8. The zero-order valence-electron chi connectivity index (χ0n) is 39.0. The Morgan fingerprint density at radius 2 is 0.968 bits per heavy atom. The van der Waals surface area contributed by atoms with Crippen LogP contribution in [-0.2, 0) is 19.6 Å². The zero-order chi connectivity index (χ0) is 45.8. The van der Waals surface area contributed by atoms with Crippen molar-refractivity contribution in [3.8, 4) is 0 Å². The van der Waals surface area contributed by atoms with Crippen molar-refractivity contribution in [2.75, 3.05) is 16.0 Å². The Balaban J connectivity index is 0.000000372. The van der Waals surface area contributed by atoms with Crippen molar-refractivity contribution >= 4 is 28.7 Å². The van der Waals surface area contributed by atoms with Crippen molar-refractivity contribution in [1.29, 1.82) is 0 Å². The van der Waals surface area contributed by atoms with E-state index in [1.54, 1.807) is 67.0 Å². The third kappa shape index (κ3) is 33.2. The van der Waals surface area contributed by atoms with Crippen LogP contribution in [0.5, 0.6) is 0 Å². The molecule has 0 aliphatic carbocycles. The molecule has 0 amide bonds. The van der Waals surface area contributed by atoms with Crippen molar-refractivity contribution in [3.05, 3.63) is 133 Å². The molecule has 6 aromatic rings. The molecule has 6 rings (SSSR count). The molecule has 62 heavy (non-hydrogen) atoms. The third-order valence-corrected chi connectivity index (χ3v) is 7.77. The fourth-order valence-electron chi connectivity index (χ4n) is 4.29. The second-order valence-electron chi connectivity index (χ2n) is 15.4. The summed E-state index contributed by atoms with van der Waals surface area (Å²) in [6.07, 6.45) is 20.9. The molecule has 0 fully saturated rings. The van der Waals surface area contributed by atoms with E-state index in [-0.39, 0.29) is 0 Å². The molecular weight excluding hydrogens is 795 g/mol. The van der Waals surface area contributed by atoms with E-state index in [1.165, 1.54) is 6.33 Å². The highest BCUT2D eigenvalue weighted by atomic mass is 32.1. The average molecular weight is 868 g/mol. The van der Waals surface area contributed by atoms with E-state index in [0.717, 1.165) is 47.4 Å². The first-order valence-electron chi connectivity index (χ1n) is 21.2. The summed E-state index contributed by atoms with van der Waals surface area (Å²) in [5, 5.41) is 22.5. The highest BCUT2D eigenvalue weighted by molar-refractivity contribution is 7.09. The van der Waals surface area contributed by atoms with E-state index >= 15 is 0 Å². The SMILES string of the molecule is CC(C)NCc1ccccn1.CC(C)NCc1cnccn1.CC(C)NCc1nccs1.CC(C)Nc1cccnc1.CC(C)Nc1cncnc1.CC(C)Nc1ncccn1. The smallest absolute Gasteiger partial charge is 0.222 e. The molecule has 0 spiro atoms. The number of nitrogens with one attached hydrogen (secondary N) is 6. The van der Waals surface area contributed by atoms with Gasteiger partial charge in [-0.3, -0.25) is 19.9 Å². The molecule has 338 valence electrons. The average Bonchev–Trinajstić information content (AvgIpc) is 3.78. The first kappa shape index (κ1) is 54.5. The molecule has 0 bridgehead atoms. The van der Waals surface area contributed by atoms with Crippen molar-refractivity contribution in [3.63, 3.8) is 0 Å². The van der Waals surface area contributed by atoms with Crippen LogP contribution in [0.15, 0.2) is 116 Å². The van der Waals surface area contributed by atoms with Crippen LogP contribution in [0, 0.1) is 0 Å². The van der Waals surface area contributed by atoms with Gasteiger partial charge in [0.15, 0.2) is 0 Å². The lowest BCUT2D eigenvalue weighted by Crippen LogP contribution is -2.22. The Bertz CT molecular complexity index is 1660. The van der Waals surface area contributed by atoms with Crippen molar-refractivity contribution in [1.82, 2.24) is 60.8 Å². The topological polar surface area (TPSA) is 188 Å². The standard InChI is InChI=1S/C9H14N2.C8H13N3.C8H12N2.2C7H11N3.C7H12N2S/c1-8(2)11-7-9-5-3-4-6-10-9;1-7(2)11-6-8-5-9-3-4-10-8;1-7(2)10-8-4-3-5-9-6-8;1-6(2)10-7-3-8-5-9-4-7;1-6(2)10-7-8-4-3-5-9-7;1-6(2)9-5-7-8-3-4-10-7/h3-6,8,11H,7H2,1-2H3;3-5,7,11H,6H2,1-2H3;3-7,10H,1-2H3;3-6,10H,1-2H3;3-6H,1-2H3,(H,8,9,10);3-4,6,9H,5H2,1-2H3. The first-order valence-corrected chi connectivity index (χ1v) is 22.1. The van der Waals surface area contributed by atoms with Gasteiger partial charge in [-0.25, -0.2) is 24.9 Å². The van der Waals surface area contributed by atoms with Gasteiger partial charge in [0.25, 0.3) is 0 Å². The number of pyridine rings is 2. The number of hydrogen-bond acceptors (Lipinski definition) is 16. The number of aromatic nitrogens is 9. The maximum Gasteiger partial charge on any atom is 0.222 e. The fourth-order valence-corrected chi connectivity index (χ4v) is 4.86. The molecule has 16 heteroatoms. The van der Waals surface area contributed by atoms with Gasteiger partial charge in [0.05, 0.1) is 35.2 Å². The van der Waals surface area contributed by atoms with E-state index in [4.69, 9.17) is 0 Å². The summed E-state index contributed by atoms with van der Waals surface area (Å²) >= 11 is 1.69. The Labute approximate surface area is 375 Å². The van der Waals surface area contributed by atoms with Gasteiger partial charge >= 0.3 is 0 Å². The highest BCUT2D eigenvalue weighted by Crippen LogP contribution is 2.05. The van der Waals surface area contributed by atoms with Crippen LogP contribution < -0.4 is 31.9 Å². The minimum atomic E-state index is 0.391. The molecule has 0 aliphatic heterocycles. The first-order chi connectivity index (χ1) is 29.7. The lowest BCUT2D eigenvalue weighted by molar-refractivity contribution is 0.580. The van der Waals surface area contributed by atoms with Crippen LogP contribution in [0.1, 0.15) is 99.5 Å². The molecule has 0 aromatic carbocycles. The maximum absolute atomic E-state index is 4.19. The summed E-state index contributed by atoms with van der Waals surface area (Å²) in [5.74, 6) is 0.692. The van der Waals surface area contributed by atoms with Gasteiger partial charge in [0.2, 0.25) is 5.95 Å². The summed E-state index contributed by atoms with van der Waals surface area (Å²) in [5.41, 5.74) is 4.14. The van der Waals surface area contributed by atoms with Gasteiger partial charge in [-0.2, -0.15) is 0 Å². The normalized spacial score (nSPS) is 10.2. The number of rotatable bonds is 15. The fraction of sp³-hybridized carbons (Fsp3) is 0.457. The van der Waals surface area contributed by atoms with Gasteiger partial charge in [-0.05, 0) is 71.9 Å². The monoisotopic (exact) mass is 868 g/mol. The number of thiazole rings is 1. The van der Waals surface area contributed by atoms with E-state index < -0.39 is 0 Å². The molecule has 0 unspecified atom stereocenters. The summed E-state index contributed by atoms with van der Waals surface area (Å²) in [6.45, 7) is 27.8. The van der Waals surface area contributed by atoms with Gasteiger partial charge in [-0.1, -0.05) is 47.6 Å². The van der Waals surface area contributed by atoms with Crippen LogP contribution in [0.4, 0.5) is 17.3 Å². The molecule has 6 N–H and O–H groups in total. The summed E-state index contributed by atoms with van der Waals surface area (Å²) < 4.78 is 0. The van der Waals surface area contributed by atoms with Gasteiger partial charge in [0, 0.05) is 117 Å².